The van der Waals surface area contributed by atoms with Crippen LogP contribution in [0.25, 0.3) is 0 Å². The molecule has 0 bridgehead atoms. The zero-order chi connectivity index (χ0) is 12.9. The Labute approximate surface area is 102 Å². The molecule has 2 N–H and O–H groups in total. The van der Waals surface area contributed by atoms with E-state index in [1.165, 1.54) is 0 Å². The van der Waals surface area contributed by atoms with Gasteiger partial charge in [0.2, 0.25) is 15.9 Å². The molecule has 0 aliphatic carbocycles. The second-order valence-electron chi connectivity index (χ2n) is 4.40. The third-order valence-corrected chi connectivity index (χ3v) is 3.81. The number of ether oxygens (including phenoxy) is 1. The number of hydrogen-bond donors (Lipinski definition) is 2. The summed E-state index contributed by atoms with van der Waals surface area (Å²) < 4.78 is 31.1. The van der Waals surface area contributed by atoms with E-state index in [-0.39, 0.29) is 30.4 Å². The Morgan fingerprint density at radius 1 is 1.53 bits per heavy atom. The average Bonchev–Trinajstić information content (AvgIpc) is 2.20. The Bertz CT molecular complexity index is 343. The topological polar surface area (TPSA) is 84.5 Å². The molecule has 17 heavy (non-hydrogen) atoms. The van der Waals surface area contributed by atoms with Crippen LogP contribution in [0.3, 0.4) is 0 Å². The molecule has 1 rings (SSSR count). The van der Waals surface area contributed by atoms with Gasteiger partial charge in [-0.2, -0.15) is 0 Å². The molecule has 0 radical (unpaired) electrons. The summed E-state index contributed by atoms with van der Waals surface area (Å²) in [5.41, 5.74) is 0. The van der Waals surface area contributed by atoms with Crippen LogP contribution in [0, 0.1) is 0 Å². The number of carbonyl (C=O) groups is 1. The Morgan fingerprint density at radius 2 is 2.24 bits per heavy atom. The van der Waals surface area contributed by atoms with Crippen LogP contribution in [0.1, 0.15) is 26.7 Å². The molecule has 0 aromatic heterocycles. The van der Waals surface area contributed by atoms with Crippen molar-refractivity contribution in [2.75, 3.05) is 18.9 Å². The van der Waals surface area contributed by atoms with Crippen molar-refractivity contribution in [2.24, 2.45) is 0 Å². The normalized spacial score (nSPS) is 21.6. The van der Waals surface area contributed by atoms with E-state index in [9.17, 15) is 13.2 Å². The zero-order valence-electron chi connectivity index (χ0n) is 10.2. The van der Waals surface area contributed by atoms with Gasteiger partial charge in [0.1, 0.15) is 0 Å². The first-order valence-corrected chi connectivity index (χ1v) is 7.42. The second kappa shape index (κ2) is 6.32. The lowest BCUT2D eigenvalue weighted by atomic mass is 10.1. The fraction of sp³-hybridized carbons (Fsp3) is 0.900. The van der Waals surface area contributed by atoms with Crippen LogP contribution in [0.15, 0.2) is 0 Å². The monoisotopic (exact) mass is 264 g/mol. The van der Waals surface area contributed by atoms with E-state index in [2.05, 4.69) is 10.0 Å². The molecule has 7 heteroatoms. The van der Waals surface area contributed by atoms with Crippen molar-refractivity contribution in [3.05, 3.63) is 0 Å². The third-order valence-electron chi connectivity index (χ3n) is 2.41. The lowest BCUT2D eigenvalue weighted by Crippen LogP contribution is -2.48. The molecule has 0 saturated carbocycles. The number of carbonyl (C=O) groups excluding carboxylic acids is 1. The predicted octanol–water partition coefficient (Wildman–Crippen LogP) is -0.391. The largest absolute Gasteiger partial charge is 0.378 e. The number of sulfonamides is 1. The number of rotatable bonds is 6. The maximum atomic E-state index is 11.7. The first-order chi connectivity index (χ1) is 7.89. The molecular formula is C10H20N2O4S. The van der Waals surface area contributed by atoms with Gasteiger partial charge in [0, 0.05) is 19.0 Å². The fourth-order valence-corrected chi connectivity index (χ4v) is 2.68. The molecule has 1 unspecified atom stereocenters. The van der Waals surface area contributed by atoms with Crippen molar-refractivity contribution < 1.29 is 17.9 Å². The number of piperidine rings is 1. The highest BCUT2D eigenvalue weighted by atomic mass is 32.2. The van der Waals surface area contributed by atoms with Gasteiger partial charge in [-0.05, 0) is 20.3 Å². The van der Waals surface area contributed by atoms with Gasteiger partial charge in [-0.3, -0.25) is 4.79 Å². The van der Waals surface area contributed by atoms with Crippen LogP contribution in [-0.2, 0) is 19.6 Å². The highest BCUT2D eigenvalue weighted by Crippen LogP contribution is 2.04. The molecule has 0 spiro atoms. The summed E-state index contributed by atoms with van der Waals surface area (Å²) in [4.78, 5) is 10.9. The van der Waals surface area contributed by atoms with E-state index in [4.69, 9.17) is 4.74 Å². The van der Waals surface area contributed by atoms with Crippen molar-refractivity contribution in [3.63, 3.8) is 0 Å². The van der Waals surface area contributed by atoms with Crippen molar-refractivity contribution in [1.29, 1.82) is 0 Å². The molecule has 1 aliphatic heterocycles. The van der Waals surface area contributed by atoms with E-state index in [1.807, 2.05) is 13.8 Å². The van der Waals surface area contributed by atoms with Crippen molar-refractivity contribution >= 4 is 15.9 Å². The van der Waals surface area contributed by atoms with Crippen LogP contribution >= 0.6 is 0 Å². The minimum Gasteiger partial charge on any atom is -0.378 e. The predicted molar refractivity (Wildman–Crippen MR) is 64.0 cm³/mol. The van der Waals surface area contributed by atoms with Gasteiger partial charge in [0.05, 0.1) is 18.5 Å². The smallest absolute Gasteiger partial charge is 0.220 e. The van der Waals surface area contributed by atoms with E-state index in [1.54, 1.807) is 0 Å². The lowest BCUT2D eigenvalue weighted by Gasteiger charge is -2.23. The molecule has 6 nitrogen and oxygen atoms in total. The summed E-state index contributed by atoms with van der Waals surface area (Å²) in [5, 5.41) is 2.63. The molecule has 1 aliphatic rings. The highest BCUT2D eigenvalue weighted by Gasteiger charge is 2.22. The molecule has 100 valence electrons. The third kappa shape index (κ3) is 5.99. The Kier molecular flexibility index (Phi) is 5.35. The summed E-state index contributed by atoms with van der Waals surface area (Å²) in [6, 6.07) is -0.197. The molecule has 1 fully saturated rings. The molecule has 1 heterocycles. The Hall–Kier alpha value is -0.660. The highest BCUT2D eigenvalue weighted by molar-refractivity contribution is 7.89. The lowest BCUT2D eigenvalue weighted by molar-refractivity contribution is -0.122. The van der Waals surface area contributed by atoms with Crippen LogP contribution in [0.2, 0.25) is 0 Å². The molecular weight excluding hydrogens is 244 g/mol. The summed E-state index contributed by atoms with van der Waals surface area (Å²) in [5.74, 6) is -0.0705. The molecule has 0 aromatic rings. The van der Waals surface area contributed by atoms with Crippen LogP contribution in [-0.4, -0.2) is 45.4 Å². The van der Waals surface area contributed by atoms with E-state index in [0.29, 0.717) is 19.4 Å². The first kappa shape index (κ1) is 14.4. The van der Waals surface area contributed by atoms with Gasteiger partial charge < -0.3 is 10.1 Å². The molecule has 1 amide bonds. The summed E-state index contributed by atoms with van der Waals surface area (Å²) in [6.45, 7) is 4.27. The van der Waals surface area contributed by atoms with Crippen LogP contribution in [0.4, 0.5) is 0 Å². The number of amides is 1. The average molecular weight is 264 g/mol. The number of hydrogen-bond acceptors (Lipinski definition) is 4. The maximum Gasteiger partial charge on any atom is 0.220 e. The first-order valence-electron chi connectivity index (χ1n) is 5.77. The molecule has 1 saturated heterocycles. The van der Waals surface area contributed by atoms with Gasteiger partial charge >= 0.3 is 0 Å². The van der Waals surface area contributed by atoms with Crippen molar-refractivity contribution in [3.8, 4) is 0 Å². The second-order valence-corrected chi connectivity index (χ2v) is 6.27. The van der Waals surface area contributed by atoms with Gasteiger partial charge in [0.15, 0.2) is 0 Å². The molecule has 1 atom stereocenters. The Morgan fingerprint density at radius 3 is 2.76 bits per heavy atom. The van der Waals surface area contributed by atoms with Crippen molar-refractivity contribution in [2.45, 2.75) is 38.8 Å². The zero-order valence-corrected chi connectivity index (χ0v) is 11.0. The number of nitrogens with one attached hydrogen (secondary N) is 2. The van der Waals surface area contributed by atoms with Gasteiger partial charge in [-0.1, -0.05) is 0 Å². The van der Waals surface area contributed by atoms with Crippen LogP contribution in [0.5, 0.6) is 0 Å². The van der Waals surface area contributed by atoms with Gasteiger partial charge in [0.25, 0.3) is 0 Å². The fourth-order valence-electron chi connectivity index (χ4n) is 1.54. The van der Waals surface area contributed by atoms with Gasteiger partial charge in [-0.15, -0.1) is 0 Å². The Balaban J connectivity index is 2.31. The van der Waals surface area contributed by atoms with E-state index >= 15 is 0 Å². The quantitative estimate of drug-likeness (QED) is 0.684. The SMILES string of the molecule is CC(C)OCCS(=O)(=O)NC1CCC(=O)NC1. The van der Waals surface area contributed by atoms with Gasteiger partial charge in [-0.25, -0.2) is 13.1 Å². The summed E-state index contributed by atoms with van der Waals surface area (Å²) in [7, 11) is -3.32. The minimum atomic E-state index is -3.32. The molecule has 0 aromatic carbocycles. The summed E-state index contributed by atoms with van der Waals surface area (Å²) in [6.07, 6.45) is 0.949. The maximum absolute atomic E-state index is 11.7. The minimum absolute atomic E-state index is 0.0245. The summed E-state index contributed by atoms with van der Waals surface area (Å²) >= 11 is 0. The van der Waals surface area contributed by atoms with E-state index < -0.39 is 10.0 Å². The van der Waals surface area contributed by atoms with Crippen LogP contribution < -0.4 is 10.0 Å². The van der Waals surface area contributed by atoms with Crippen molar-refractivity contribution in [1.82, 2.24) is 10.0 Å². The standard InChI is InChI=1S/C10H20N2O4S/c1-8(2)16-5-6-17(14,15)12-9-3-4-10(13)11-7-9/h8-9,12H,3-7H2,1-2H3,(H,11,13). The van der Waals surface area contributed by atoms with E-state index in [0.717, 1.165) is 0 Å².